The Balaban J connectivity index is 0.00000110. The third kappa shape index (κ3) is 5.60. The third-order valence-corrected chi connectivity index (χ3v) is 9.33. The molecule has 0 bridgehead atoms. The van der Waals surface area contributed by atoms with Crippen molar-refractivity contribution in [2.75, 3.05) is 31.5 Å². The van der Waals surface area contributed by atoms with Crippen LogP contribution in [0.5, 0.6) is 0 Å². The number of allylic oxidation sites excluding steroid dienone is 3. The van der Waals surface area contributed by atoms with E-state index in [1.54, 1.807) is 24.3 Å². The number of imidazole rings is 1. The lowest BCUT2D eigenvalue weighted by molar-refractivity contribution is 0.0966. The number of carbonyl (C=O) groups excluding carboxylic acids is 1. The van der Waals surface area contributed by atoms with Gasteiger partial charge in [-0.15, -0.1) is 0 Å². The summed E-state index contributed by atoms with van der Waals surface area (Å²) in [7, 11) is 0. The van der Waals surface area contributed by atoms with E-state index in [1.165, 1.54) is 23.1 Å². The number of rotatable bonds is 4. The van der Waals surface area contributed by atoms with E-state index in [-0.39, 0.29) is 23.5 Å². The third-order valence-electron chi connectivity index (χ3n) is 9.33. The molecule has 226 valence electrons. The van der Waals surface area contributed by atoms with Gasteiger partial charge in [0.15, 0.2) is 0 Å². The second-order valence-electron chi connectivity index (χ2n) is 12.2. The van der Waals surface area contributed by atoms with E-state index in [0.717, 1.165) is 31.9 Å². The second-order valence-corrected chi connectivity index (χ2v) is 12.2. The Hall–Kier alpha value is -4.48. The Morgan fingerprint density at radius 2 is 1.84 bits per heavy atom. The molecule has 8 nitrogen and oxygen atoms in total. The largest absolute Gasteiger partial charge is 0.331 e. The highest BCUT2D eigenvalue weighted by atomic mass is 16.2. The van der Waals surface area contributed by atoms with Gasteiger partial charge < -0.3 is 14.8 Å². The van der Waals surface area contributed by atoms with Gasteiger partial charge in [-0.05, 0) is 60.4 Å². The number of urea groups is 1. The van der Waals surface area contributed by atoms with Crippen LogP contribution in [0.2, 0.25) is 0 Å². The minimum Gasteiger partial charge on any atom is -0.331 e. The van der Waals surface area contributed by atoms with Gasteiger partial charge in [0.05, 0.1) is 17.7 Å². The van der Waals surface area contributed by atoms with Crippen molar-refractivity contribution >= 4 is 23.5 Å². The monoisotopic (exact) mass is 587 g/mol. The Kier molecular flexibility index (Phi) is 8.49. The number of benzene rings is 2. The number of nitrogens with one attached hydrogen (secondary N) is 1. The van der Waals surface area contributed by atoms with Gasteiger partial charge in [-0.1, -0.05) is 56.7 Å². The smallest absolute Gasteiger partial charge is 0.321 e. The van der Waals surface area contributed by atoms with Gasteiger partial charge >= 0.3 is 6.03 Å². The lowest BCUT2D eigenvalue weighted by atomic mass is 9.83. The number of aryl methyl sites for hydroxylation is 1. The van der Waals surface area contributed by atoms with Gasteiger partial charge in [-0.3, -0.25) is 9.89 Å². The standard InChI is InChI=1S/C33H33N7O.C3H8/c1-23-35-15-16-40(23)22-25-11-13-33-12-4-14-36-31(33)29(33)30(28-6-3-2-5-27(25)28)38-17-19-39(20-18-38)32(41)37-26-9-7-24(21-34)8-10-26;1-3-2/h2-12,14-16,29-31H,13,17-20,22H2,1H3,(H,37,41);3H2,1-2H3/b25-11-;. The van der Waals surface area contributed by atoms with E-state index in [1.807, 2.05) is 17.3 Å². The van der Waals surface area contributed by atoms with Crippen LogP contribution in [0.25, 0.3) is 5.57 Å². The van der Waals surface area contributed by atoms with Crippen LogP contribution in [0, 0.1) is 29.6 Å². The molecule has 3 aromatic rings. The molecule has 3 heterocycles. The first kappa shape index (κ1) is 29.6. The van der Waals surface area contributed by atoms with E-state index in [0.29, 0.717) is 30.3 Å². The number of nitrogens with zero attached hydrogens (tertiary/aromatic N) is 6. The average Bonchev–Trinajstić information content (AvgIpc) is 3.51. The van der Waals surface area contributed by atoms with Crippen molar-refractivity contribution in [1.29, 1.82) is 5.26 Å². The van der Waals surface area contributed by atoms with Gasteiger partial charge in [0, 0.05) is 74.4 Å². The van der Waals surface area contributed by atoms with Crippen molar-refractivity contribution in [3.8, 4) is 6.07 Å². The summed E-state index contributed by atoms with van der Waals surface area (Å²) in [5.41, 5.74) is 5.30. The Labute approximate surface area is 260 Å². The molecule has 4 atom stereocenters. The fraction of sp³-hybridized carbons (Fsp3) is 0.389. The molecule has 1 spiro atoms. The van der Waals surface area contributed by atoms with Gasteiger partial charge in [0.1, 0.15) is 5.82 Å². The summed E-state index contributed by atoms with van der Waals surface area (Å²) in [6, 6.07) is 18.4. The zero-order chi connectivity index (χ0) is 30.7. The van der Waals surface area contributed by atoms with E-state index < -0.39 is 0 Å². The number of nitriles is 1. The summed E-state index contributed by atoms with van der Waals surface area (Å²) in [6.45, 7) is 10.00. The van der Waals surface area contributed by atoms with Crippen molar-refractivity contribution in [1.82, 2.24) is 19.4 Å². The molecule has 1 saturated carbocycles. The molecular weight excluding hydrogens is 546 g/mol. The first-order valence-corrected chi connectivity index (χ1v) is 15.8. The van der Waals surface area contributed by atoms with Crippen LogP contribution in [-0.4, -0.2) is 63.8 Å². The summed E-state index contributed by atoms with van der Waals surface area (Å²) < 4.78 is 2.22. The maximum absolute atomic E-state index is 13.1. The van der Waals surface area contributed by atoms with Gasteiger partial charge in [0.25, 0.3) is 0 Å². The average molecular weight is 588 g/mol. The summed E-state index contributed by atoms with van der Waals surface area (Å²) in [5, 5.41) is 12.0. The minimum absolute atomic E-state index is 0.0340. The number of aromatic nitrogens is 2. The number of anilines is 1. The summed E-state index contributed by atoms with van der Waals surface area (Å²) in [4.78, 5) is 27.0. The molecule has 4 unspecified atom stereocenters. The van der Waals surface area contributed by atoms with E-state index >= 15 is 0 Å². The van der Waals surface area contributed by atoms with Crippen LogP contribution in [0.3, 0.4) is 0 Å². The maximum Gasteiger partial charge on any atom is 0.321 e. The number of carbonyl (C=O) groups is 1. The van der Waals surface area contributed by atoms with Crippen molar-refractivity contribution in [3.63, 3.8) is 0 Å². The normalized spacial score (nSPS) is 26.3. The molecule has 4 aliphatic rings. The Morgan fingerprint density at radius 3 is 2.55 bits per heavy atom. The Morgan fingerprint density at radius 1 is 1.09 bits per heavy atom. The SMILES string of the molecule is CCC.Cc1nccn1C/C1=C/CC23C=CC=NC2C3C(N2CCN(C(=O)Nc3ccc(C#N)cc3)CC2)c2ccccc21. The van der Waals surface area contributed by atoms with Gasteiger partial charge in [0.2, 0.25) is 0 Å². The fourth-order valence-corrected chi connectivity index (χ4v) is 7.08. The van der Waals surface area contributed by atoms with Gasteiger partial charge in [-0.2, -0.15) is 5.26 Å². The molecule has 44 heavy (non-hydrogen) atoms. The zero-order valence-electron chi connectivity index (χ0n) is 25.9. The Bertz CT molecular complexity index is 1620. The van der Waals surface area contributed by atoms with E-state index in [9.17, 15) is 4.79 Å². The summed E-state index contributed by atoms with van der Waals surface area (Å²) >= 11 is 0. The molecule has 1 N–H and O–H groups in total. The highest BCUT2D eigenvalue weighted by molar-refractivity contribution is 5.89. The van der Waals surface area contributed by atoms with Crippen molar-refractivity contribution < 1.29 is 4.79 Å². The second kappa shape index (κ2) is 12.6. The molecule has 2 fully saturated rings. The molecule has 1 aromatic heterocycles. The number of dihydropyridines is 1. The highest BCUT2D eigenvalue weighted by Crippen LogP contribution is 2.67. The van der Waals surface area contributed by atoms with Crippen LogP contribution in [0.4, 0.5) is 10.5 Å². The number of hydrogen-bond acceptors (Lipinski definition) is 5. The number of hydrogen-bond donors (Lipinski definition) is 1. The quantitative estimate of drug-likeness (QED) is 0.378. The number of amides is 2. The molecule has 1 saturated heterocycles. The van der Waals surface area contributed by atoms with Crippen LogP contribution < -0.4 is 5.32 Å². The van der Waals surface area contributed by atoms with Gasteiger partial charge in [-0.25, -0.2) is 9.78 Å². The molecule has 2 aromatic carbocycles. The molecule has 0 radical (unpaired) electrons. The van der Waals surface area contributed by atoms with Crippen molar-refractivity contribution in [2.24, 2.45) is 16.3 Å². The van der Waals surface area contributed by atoms with Crippen molar-refractivity contribution in [3.05, 3.63) is 102 Å². The molecule has 2 amide bonds. The summed E-state index contributed by atoms with van der Waals surface area (Å²) in [5.74, 6) is 1.41. The molecule has 7 rings (SSSR count). The minimum atomic E-state index is -0.0996. The fourth-order valence-electron chi connectivity index (χ4n) is 7.08. The molecule has 2 aliphatic heterocycles. The topological polar surface area (TPSA) is 89.6 Å². The van der Waals surface area contributed by atoms with Crippen LogP contribution >= 0.6 is 0 Å². The first-order valence-electron chi connectivity index (χ1n) is 15.8. The highest BCUT2D eigenvalue weighted by Gasteiger charge is 2.67. The lowest BCUT2D eigenvalue weighted by Gasteiger charge is -2.41. The van der Waals surface area contributed by atoms with Crippen molar-refractivity contribution in [2.45, 2.75) is 52.2 Å². The lowest BCUT2D eigenvalue weighted by Crippen LogP contribution is -2.51. The summed E-state index contributed by atoms with van der Waals surface area (Å²) in [6.07, 6.45) is 15.1. The molecular formula is C36H41N7O. The molecule has 8 heteroatoms. The predicted molar refractivity (Wildman–Crippen MR) is 175 cm³/mol. The van der Waals surface area contributed by atoms with Crippen LogP contribution in [-0.2, 0) is 6.54 Å². The van der Waals surface area contributed by atoms with E-state index in [2.05, 4.69) is 95.3 Å². The first-order chi connectivity index (χ1) is 21.5. The number of piperazine rings is 1. The maximum atomic E-state index is 13.1. The number of fused-ring (bicyclic) bond motifs is 2. The zero-order valence-corrected chi connectivity index (χ0v) is 25.9. The van der Waals surface area contributed by atoms with Crippen LogP contribution in [0.1, 0.15) is 55.2 Å². The predicted octanol–water partition coefficient (Wildman–Crippen LogP) is 6.48. The van der Waals surface area contributed by atoms with Crippen LogP contribution in [0.15, 0.2) is 84.1 Å². The number of aliphatic imine (C=N–C) groups is 1. The van der Waals surface area contributed by atoms with E-state index in [4.69, 9.17) is 10.3 Å². The molecule has 2 aliphatic carbocycles.